The van der Waals surface area contributed by atoms with Crippen LogP contribution in [0.25, 0.3) is 0 Å². The first-order valence-corrected chi connectivity index (χ1v) is 13.7. The van der Waals surface area contributed by atoms with Crippen LogP contribution in [0, 0.1) is 11.8 Å². The normalized spacial score (nSPS) is 32.2. The Labute approximate surface area is 215 Å². The van der Waals surface area contributed by atoms with Crippen molar-refractivity contribution in [2.45, 2.75) is 95.3 Å². The van der Waals surface area contributed by atoms with Crippen molar-refractivity contribution in [3.63, 3.8) is 0 Å². The second-order valence-corrected chi connectivity index (χ2v) is 10.3. The third-order valence-corrected chi connectivity index (χ3v) is 7.57. The number of hydrogen-bond donors (Lipinski definition) is 2. The minimum absolute atomic E-state index is 0.0177. The summed E-state index contributed by atoms with van der Waals surface area (Å²) < 4.78 is 29.8. The Morgan fingerprint density at radius 1 is 1.06 bits per heavy atom. The van der Waals surface area contributed by atoms with Crippen LogP contribution in [0.3, 0.4) is 0 Å². The van der Waals surface area contributed by atoms with Gasteiger partial charge < -0.3 is 33.9 Å². The number of rotatable bonds is 12. The van der Waals surface area contributed by atoms with E-state index in [1.54, 1.807) is 7.11 Å². The van der Waals surface area contributed by atoms with E-state index in [0.29, 0.717) is 25.9 Å². The van der Waals surface area contributed by atoms with E-state index in [9.17, 15) is 10.2 Å². The zero-order valence-electron chi connectivity index (χ0n) is 21.6. The summed E-state index contributed by atoms with van der Waals surface area (Å²) in [6.45, 7) is 2.07. The average molecular weight is 505 g/mol. The molecule has 2 N–H and O–H groups in total. The molecular formula is C29H44O7. The Kier molecular flexibility index (Phi) is 11.2. The standard InChI is InChI=1S/C29H44O7/c1-32-20-22-8-6-7-21(17-22)18-23(35-28-9-2-4-15-33-28)11-12-25-24(13-14-30)26(31)19-27(25)36-29-10-3-5-16-34-29/h6-8,11-12,17,23-31H,2-5,9-10,13-16,18-20H2,1H3/b12-11+/t23-,24-,25-,26+,27-,28?,29?/m1/s1. The zero-order chi connectivity index (χ0) is 25.2. The van der Waals surface area contributed by atoms with Gasteiger partial charge in [-0.15, -0.1) is 0 Å². The molecule has 0 aromatic heterocycles. The monoisotopic (exact) mass is 504 g/mol. The van der Waals surface area contributed by atoms with Crippen molar-refractivity contribution in [2.75, 3.05) is 26.9 Å². The molecule has 1 aromatic rings. The van der Waals surface area contributed by atoms with Crippen LogP contribution in [-0.2, 0) is 36.7 Å². The van der Waals surface area contributed by atoms with Crippen molar-refractivity contribution in [3.8, 4) is 0 Å². The predicted molar refractivity (Wildman–Crippen MR) is 136 cm³/mol. The number of ether oxygens (including phenoxy) is 5. The Morgan fingerprint density at radius 3 is 2.50 bits per heavy atom. The van der Waals surface area contributed by atoms with E-state index in [-0.39, 0.29) is 43.2 Å². The molecule has 2 saturated heterocycles. The van der Waals surface area contributed by atoms with Crippen LogP contribution in [0.15, 0.2) is 36.4 Å². The summed E-state index contributed by atoms with van der Waals surface area (Å²) in [5.41, 5.74) is 2.31. The molecule has 0 amide bonds. The highest BCUT2D eigenvalue weighted by Crippen LogP contribution is 2.39. The first-order valence-electron chi connectivity index (χ1n) is 13.7. The van der Waals surface area contributed by atoms with Gasteiger partial charge in [0.25, 0.3) is 0 Å². The summed E-state index contributed by atoms with van der Waals surface area (Å²) in [6, 6.07) is 8.40. The topological polar surface area (TPSA) is 86.6 Å². The van der Waals surface area contributed by atoms with Gasteiger partial charge in [0.2, 0.25) is 0 Å². The van der Waals surface area contributed by atoms with Gasteiger partial charge in [0.05, 0.1) is 24.9 Å². The summed E-state index contributed by atoms with van der Waals surface area (Å²) in [4.78, 5) is 0. The molecular weight excluding hydrogens is 460 g/mol. The summed E-state index contributed by atoms with van der Waals surface area (Å²) in [7, 11) is 1.71. The molecule has 7 nitrogen and oxygen atoms in total. The SMILES string of the molecule is COCc1cccc(C[C@@H](/C=C/[C@@H]2[C@@H](CCO)[C@@H](O)C[C@H]2OC2CCCCO2)OC2CCCCO2)c1. The Hall–Kier alpha value is -1.32. The van der Waals surface area contributed by atoms with Crippen LogP contribution in [0.5, 0.6) is 0 Å². The highest BCUT2D eigenvalue weighted by molar-refractivity contribution is 5.24. The third-order valence-electron chi connectivity index (χ3n) is 7.57. The fourth-order valence-electron chi connectivity index (χ4n) is 5.74. The molecule has 1 saturated carbocycles. The molecule has 2 unspecified atom stereocenters. The molecule has 7 atom stereocenters. The number of aliphatic hydroxyl groups excluding tert-OH is 2. The number of benzene rings is 1. The molecule has 36 heavy (non-hydrogen) atoms. The zero-order valence-corrected chi connectivity index (χ0v) is 21.6. The van der Waals surface area contributed by atoms with Crippen LogP contribution >= 0.6 is 0 Å². The highest BCUT2D eigenvalue weighted by Gasteiger charge is 2.42. The van der Waals surface area contributed by atoms with E-state index in [1.807, 2.05) is 0 Å². The molecule has 0 radical (unpaired) electrons. The van der Waals surface area contributed by atoms with Gasteiger partial charge in [0.15, 0.2) is 12.6 Å². The average Bonchev–Trinajstić information content (AvgIpc) is 3.18. The van der Waals surface area contributed by atoms with E-state index in [0.717, 1.165) is 57.3 Å². The van der Waals surface area contributed by atoms with Gasteiger partial charge >= 0.3 is 0 Å². The van der Waals surface area contributed by atoms with Gasteiger partial charge in [0.1, 0.15) is 0 Å². The minimum atomic E-state index is -0.507. The summed E-state index contributed by atoms with van der Waals surface area (Å²) in [6.07, 6.45) is 10.9. The second kappa shape index (κ2) is 14.6. The fourth-order valence-corrected chi connectivity index (χ4v) is 5.74. The van der Waals surface area contributed by atoms with Crippen LogP contribution in [0.4, 0.5) is 0 Å². The van der Waals surface area contributed by atoms with Crippen LogP contribution in [0.2, 0.25) is 0 Å². The lowest BCUT2D eigenvalue weighted by Crippen LogP contribution is -2.31. The summed E-state index contributed by atoms with van der Waals surface area (Å²) in [5.74, 6) is -0.0765. The van der Waals surface area contributed by atoms with E-state index >= 15 is 0 Å². The van der Waals surface area contributed by atoms with Gasteiger partial charge in [-0.2, -0.15) is 0 Å². The summed E-state index contributed by atoms with van der Waals surface area (Å²) >= 11 is 0. The Bertz CT molecular complexity index is 788. The quantitative estimate of drug-likeness (QED) is 0.414. The number of methoxy groups -OCH3 is 1. The molecule has 1 aromatic carbocycles. The Morgan fingerprint density at radius 2 is 1.81 bits per heavy atom. The van der Waals surface area contributed by atoms with Crippen molar-refractivity contribution >= 4 is 0 Å². The number of hydrogen-bond acceptors (Lipinski definition) is 7. The number of aliphatic hydroxyl groups is 2. The van der Waals surface area contributed by atoms with Crippen LogP contribution in [0.1, 0.15) is 62.5 Å². The molecule has 0 bridgehead atoms. The van der Waals surface area contributed by atoms with E-state index in [4.69, 9.17) is 23.7 Å². The lowest BCUT2D eigenvalue weighted by atomic mass is 9.89. The van der Waals surface area contributed by atoms with Gasteiger partial charge in [-0.05, 0) is 62.0 Å². The van der Waals surface area contributed by atoms with Gasteiger partial charge in [-0.25, -0.2) is 0 Å². The van der Waals surface area contributed by atoms with Crippen molar-refractivity contribution in [2.24, 2.45) is 11.8 Å². The molecule has 2 heterocycles. The van der Waals surface area contributed by atoms with E-state index < -0.39 is 6.10 Å². The maximum atomic E-state index is 10.8. The van der Waals surface area contributed by atoms with Crippen molar-refractivity contribution in [3.05, 3.63) is 47.5 Å². The van der Waals surface area contributed by atoms with Crippen molar-refractivity contribution in [1.82, 2.24) is 0 Å². The minimum Gasteiger partial charge on any atom is -0.396 e. The first-order chi connectivity index (χ1) is 17.7. The summed E-state index contributed by atoms with van der Waals surface area (Å²) in [5, 5.41) is 20.5. The molecule has 3 aliphatic rings. The molecule has 202 valence electrons. The molecule has 0 spiro atoms. The Balaban J connectivity index is 1.50. The smallest absolute Gasteiger partial charge is 0.158 e. The largest absolute Gasteiger partial charge is 0.396 e. The molecule has 1 aliphatic carbocycles. The van der Waals surface area contributed by atoms with E-state index in [1.165, 1.54) is 5.56 Å². The lowest BCUT2D eigenvalue weighted by Gasteiger charge is -2.30. The van der Waals surface area contributed by atoms with Gasteiger partial charge in [-0.1, -0.05) is 36.4 Å². The molecule has 4 rings (SSSR count). The predicted octanol–water partition coefficient (Wildman–Crippen LogP) is 4.13. The lowest BCUT2D eigenvalue weighted by molar-refractivity contribution is -0.193. The van der Waals surface area contributed by atoms with Crippen molar-refractivity contribution < 1.29 is 33.9 Å². The second-order valence-electron chi connectivity index (χ2n) is 10.3. The van der Waals surface area contributed by atoms with Crippen LogP contribution in [-0.4, -0.2) is 68.0 Å². The van der Waals surface area contributed by atoms with Crippen LogP contribution < -0.4 is 0 Å². The molecule has 3 fully saturated rings. The van der Waals surface area contributed by atoms with Gasteiger partial charge in [0, 0.05) is 45.7 Å². The van der Waals surface area contributed by atoms with Gasteiger partial charge in [-0.3, -0.25) is 0 Å². The van der Waals surface area contributed by atoms with E-state index in [2.05, 4.69) is 36.4 Å². The fraction of sp³-hybridized carbons (Fsp3) is 0.724. The maximum absolute atomic E-state index is 10.8. The molecule has 2 aliphatic heterocycles. The van der Waals surface area contributed by atoms with Crippen molar-refractivity contribution in [1.29, 1.82) is 0 Å². The first kappa shape index (κ1) is 27.7. The maximum Gasteiger partial charge on any atom is 0.158 e. The highest BCUT2D eigenvalue weighted by atomic mass is 16.7. The third kappa shape index (κ3) is 8.09. The molecule has 7 heteroatoms.